The fraction of sp³-hybridized carbons (Fsp3) is 0.350. The Labute approximate surface area is 149 Å². The van der Waals surface area contributed by atoms with E-state index in [1.807, 2.05) is 18.2 Å². The average molecular weight is 339 g/mol. The van der Waals surface area contributed by atoms with Gasteiger partial charge >= 0.3 is 6.03 Å². The molecule has 2 N–H and O–H groups in total. The van der Waals surface area contributed by atoms with Gasteiger partial charge in [0.15, 0.2) is 0 Å². The van der Waals surface area contributed by atoms with Gasteiger partial charge in [-0.1, -0.05) is 18.2 Å². The van der Waals surface area contributed by atoms with Crippen molar-refractivity contribution in [1.29, 1.82) is 0 Å². The quantitative estimate of drug-likeness (QED) is 0.865. The van der Waals surface area contributed by atoms with Crippen LogP contribution in [0.15, 0.2) is 48.5 Å². The lowest BCUT2D eigenvalue weighted by Crippen LogP contribution is -2.29. The summed E-state index contributed by atoms with van der Waals surface area (Å²) in [6, 6.07) is 15.5. The van der Waals surface area contributed by atoms with Crippen LogP contribution >= 0.6 is 0 Å². The van der Waals surface area contributed by atoms with Gasteiger partial charge in [0.25, 0.3) is 0 Å². The van der Waals surface area contributed by atoms with Crippen molar-refractivity contribution in [1.82, 2.24) is 5.32 Å². The smallest absolute Gasteiger partial charge is 0.319 e. The van der Waals surface area contributed by atoms with Crippen LogP contribution in [-0.4, -0.2) is 26.2 Å². The van der Waals surface area contributed by atoms with Gasteiger partial charge in [-0.15, -0.1) is 0 Å². The van der Waals surface area contributed by atoms with Gasteiger partial charge in [-0.05, 0) is 49.1 Å². The molecule has 25 heavy (non-hydrogen) atoms. The Kier molecular flexibility index (Phi) is 5.77. The summed E-state index contributed by atoms with van der Waals surface area (Å²) in [5.41, 5.74) is 3.06. The maximum atomic E-state index is 12.0. The Morgan fingerprint density at radius 1 is 1.08 bits per heavy atom. The molecule has 0 bridgehead atoms. The predicted molar refractivity (Wildman–Crippen MR) is 101 cm³/mol. The number of nitrogens with zero attached hydrogens (tertiary/aromatic N) is 1. The minimum atomic E-state index is -0.228. The van der Waals surface area contributed by atoms with Gasteiger partial charge < -0.3 is 20.3 Å². The van der Waals surface area contributed by atoms with Crippen molar-refractivity contribution >= 4 is 17.4 Å². The molecule has 1 aliphatic rings. The van der Waals surface area contributed by atoms with Gasteiger partial charge in [-0.2, -0.15) is 0 Å². The molecular formula is C20H25N3O2. The van der Waals surface area contributed by atoms with Gasteiger partial charge in [0, 0.05) is 37.1 Å². The van der Waals surface area contributed by atoms with Gasteiger partial charge in [0.1, 0.15) is 5.75 Å². The molecule has 0 unspecified atom stereocenters. The molecule has 1 aliphatic heterocycles. The number of hydrogen-bond donors (Lipinski definition) is 2. The zero-order chi connectivity index (χ0) is 17.5. The van der Waals surface area contributed by atoms with Crippen LogP contribution in [-0.2, 0) is 6.54 Å². The lowest BCUT2D eigenvalue weighted by Gasteiger charge is -2.28. The van der Waals surface area contributed by atoms with E-state index in [0.717, 1.165) is 18.7 Å². The second-order valence-electron chi connectivity index (χ2n) is 6.25. The third-order valence-electron chi connectivity index (χ3n) is 4.44. The molecule has 0 radical (unpaired) electrons. The fourth-order valence-corrected chi connectivity index (χ4v) is 3.04. The first kappa shape index (κ1) is 17.1. The average Bonchev–Trinajstić information content (AvgIpc) is 2.67. The topological polar surface area (TPSA) is 53.6 Å². The third kappa shape index (κ3) is 4.89. The molecule has 0 atom stereocenters. The molecule has 0 spiro atoms. The van der Waals surface area contributed by atoms with E-state index in [4.69, 9.17) is 4.74 Å². The number of nitrogens with one attached hydrogen (secondary N) is 2. The van der Waals surface area contributed by atoms with Crippen LogP contribution in [0.5, 0.6) is 5.75 Å². The minimum absolute atomic E-state index is 0.228. The molecule has 1 heterocycles. The molecule has 5 nitrogen and oxygen atoms in total. The largest absolute Gasteiger partial charge is 0.497 e. The normalized spacial score (nSPS) is 14.0. The van der Waals surface area contributed by atoms with E-state index in [1.54, 1.807) is 13.2 Å². The lowest BCUT2D eigenvalue weighted by molar-refractivity contribution is 0.251. The Morgan fingerprint density at radius 2 is 1.84 bits per heavy atom. The molecule has 2 aromatic carbocycles. The van der Waals surface area contributed by atoms with E-state index >= 15 is 0 Å². The number of amides is 2. The van der Waals surface area contributed by atoms with Gasteiger partial charge in [-0.3, -0.25) is 0 Å². The zero-order valence-electron chi connectivity index (χ0n) is 14.6. The van der Waals surface area contributed by atoms with E-state index in [1.165, 1.54) is 24.9 Å². The number of methoxy groups -OCH3 is 1. The highest BCUT2D eigenvalue weighted by atomic mass is 16.5. The number of ether oxygens (including phenoxy) is 1. The second kappa shape index (κ2) is 8.42. The number of rotatable bonds is 5. The summed E-state index contributed by atoms with van der Waals surface area (Å²) in [6.07, 6.45) is 3.88. The number of piperidine rings is 1. The van der Waals surface area contributed by atoms with Crippen LogP contribution in [0.1, 0.15) is 24.8 Å². The molecule has 0 aromatic heterocycles. The van der Waals surface area contributed by atoms with Crippen LogP contribution in [0.2, 0.25) is 0 Å². The van der Waals surface area contributed by atoms with Crippen molar-refractivity contribution in [3.63, 3.8) is 0 Å². The number of carbonyl (C=O) groups excluding carboxylic acids is 1. The van der Waals surface area contributed by atoms with Gasteiger partial charge in [0.05, 0.1) is 7.11 Å². The van der Waals surface area contributed by atoms with E-state index in [9.17, 15) is 4.79 Å². The Morgan fingerprint density at radius 3 is 2.56 bits per heavy atom. The molecule has 132 valence electrons. The molecular weight excluding hydrogens is 314 g/mol. The third-order valence-corrected chi connectivity index (χ3v) is 4.44. The molecule has 5 heteroatoms. The summed E-state index contributed by atoms with van der Waals surface area (Å²) in [4.78, 5) is 14.5. The van der Waals surface area contributed by atoms with Crippen molar-refractivity contribution in [3.8, 4) is 5.75 Å². The predicted octanol–water partition coefficient (Wildman–Crippen LogP) is 4.01. The number of anilines is 2. The van der Waals surface area contributed by atoms with E-state index < -0.39 is 0 Å². The zero-order valence-corrected chi connectivity index (χ0v) is 14.6. The minimum Gasteiger partial charge on any atom is -0.497 e. The number of hydrogen-bond acceptors (Lipinski definition) is 3. The number of urea groups is 1. The molecule has 0 saturated carbocycles. The highest BCUT2D eigenvalue weighted by Gasteiger charge is 2.10. The van der Waals surface area contributed by atoms with Crippen molar-refractivity contribution in [2.75, 3.05) is 30.4 Å². The van der Waals surface area contributed by atoms with Crippen molar-refractivity contribution < 1.29 is 9.53 Å². The van der Waals surface area contributed by atoms with Gasteiger partial charge in [0.2, 0.25) is 0 Å². The summed E-state index contributed by atoms with van der Waals surface area (Å²) >= 11 is 0. The van der Waals surface area contributed by atoms with E-state index in [0.29, 0.717) is 18.0 Å². The Hall–Kier alpha value is -2.69. The summed E-state index contributed by atoms with van der Waals surface area (Å²) < 4.78 is 5.15. The van der Waals surface area contributed by atoms with Crippen molar-refractivity contribution in [3.05, 3.63) is 54.1 Å². The van der Waals surface area contributed by atoms with Crippen LogP contribution in [0.4, 0.5) is 16.2 Å². The molecule has 3 rings (SSSR count). The van der Waals surface area contributed by atoms with E-state index in [2.05, 4.69) is 39.8 Å². The van der Waals surface area contributed by atoms with Crippen molar-refractivity contribution in [2.24, 2.45) is 0 Å². The number of benzene rings is 2. The van der Waals surface area contributed by atoms with Crippen LogP contribution < -0.4 is 20.3 Å². The molecule has 1 fully saturated rings. The lowest BCUT2D eigenvalue weighted by atomic mass is 10.1. The molecule has 2 amide bonds. The van der Waals surface area contributed by atoms with E-state index in [-0.39, 0.29) is 6.03 Å². The first-order valence-electron chi connectivity index (χ1n) is 8.77. The molecule has 1 saturated heterocycles. The van der Waals surface area contributed by atoms with Crippen LogP contribution in [0.25, 0.3) is 0 Å². The molecule has 2 aromatic rings. The maximum absolute atomic E-state index is 12.0. The van der Waals surface area contributed by atoms with Gasteiger partial charge in [-0.25, -0.2) is 4.79 Å². The second-order valence-corrected chi connectivity index (χ2v) is 6.25. The van der Waals surface area contributed by atoms with Crippen LogP contribution in [0.3, 0.4) is 0 Å². The summed E-state index contributed by atoms with van der Waals surface area (Å²) in [6.45, 7) is 2.77. The summed E-state index contributed by atoms with van der Waals surface area (Å²) in [5.74, 6) is 0.714. The summed E-state index contributed by atoms with van der Waals surface area (Å²) in [5, 5.41) is 5.69. The SMILES string of the molecule is COc1cccc(NC(=O)NCc2ccc(N3CCCCC3)cc2)c1. The monoisotopic (exact) mass is 339 g/mol. The first-order chi connectivity index (χ1) is 12.2. The summed E-state index contributed by atoms with van der Waals surface area (Å²) in [7, 11) is 1.60. The van der Waals surface area contributed by atoms with Crippen molar-refractivity contribution in [2.45, 2.75) is 25.8 Å². The molecule has 0 aliphatic carbocycles. The fourth-order valence-electron chi connectivity index (χ4n) is 3.04. The highest BCUT2D eigenvalue weighted by Crippen LogP contribution is 2.20. The Balaban J connectivity index is 1.49. The van der Waals surface area contributed by atoms with Crippen LogP contribution in [0, 0.1) is 0 Å². The first-order valence-corrected chi connectivity index (χ1v) is 8.77. The Bertz CT molecular complexity index is 694. The highest BCUT2D eigenvalue weighted by molar-refractivity contribution is 5.89. The number of carbonyl (C=O) groups is 1. The maximum Gasteiger partial charge on any atom is 0.319 e. The standard InChI is InChI=1S/C20H25N3O2/c1-25-19-7-5-6-17(14-19)22-20(24)21-15-16-8-10-18(11-9-16)23-12-3-2-4-13-23/h5-11,14H,2-4,12-13,15H2,1H3,(H2,21,22,24).